The molecule has 1 fully saturated rings. The Bertz CT molecular complexity index is 420. The lowest BCUT2D eigenvalue weighted by molar-refractivity contribution is 0.0851. The van der Waals surface area contributed by atoms with Crippen LogP contribution in [0.3, 0.4) is 0 Å². The van der Waals surface area contributed by atoms with Gasteiger partial charge >= 0.3 is 0 Å². The highest BCUT2D eigenvalue weighted by Crippen LogP contribution is 2.34. The summed E-state index contributed by atoms with van der Waals surface area (Å²) in [5, 5.41) is 3.63. The lowest BCUT2D eigenvalue weighted by Crippen LogP contribution is -2.55. The first kappa shape index (κ1) is 13.0. The molecule has 0 unspecified atom stereocenters. The van der Waals surface area contributed by atoms with Gasteiger partial charge in [0.05, 0.1) is 11.1 Å². The van der Waals surface area contributed by atoms with Crippen molar-refractivity contribution in [2.45, 2.75) is 24.8 Å². The molecular weight excluding hydrogens is 353 g/mol. The lowest BCUT2D eigenvalue weighted by Gasteiger charge is -2.41. The summed E-state index contributed by atoms with van der Waals surface area (Å²) in [4.78, 5) is 12.1. The van der Waals surface area contributed by atoms with Gasteiger partial charge in [0.1, 0.15) is 5.82 Å². The van der Waals surface area contributed by atoms with Gasteiger partial charge in [-0.3, -0.25) is 4.79 Å². The van der Waals surface area contributed by atoms with E-state index in [0.29, 0.717) is 9.80 Å². The molecule has 0 spiro atoms. The molecule has 0 saturated heterocycles. The second-order valence-corrected chi connectivity index (χ2v) is 5.73. The van der Waals surface area contributed by atoms with Crippen molar-refractivity contribution in [1.82, 2.24) is 5.32 Å². The third-order valence-corrected chi connectivity index (χ3v) is 4.87. The molecule has 1 amide bonds. The van der Waals surface area contributed by atoms with Gasteiger partial charge in [-0.15, -0.1) is 0 Å². The van der Waals surface area contributed by atoms with E-state index >= 15 is 0 Å². The normalized spacial score (nSPS) is 17.4. The van der Waals surface area contributed by atoms with E-state index in [4.69, 9.17) is 0 Å². The summed E-state index contributed by atoms with van der Waals surface area (Å²) < 4.78 is 14.1. The van der Waals surface area contributed by atoms with Gasteiger partial charge < -0.3 is 5.32 Å². The third kappa shape index (κ3) is 2.55. The van der Waals surface area contributed by atoms with E-state index in [9.17, 15) is 9.18 Å². The fourth-order valence-corrected chi connectivity index (χ4v) is 3.14. The molecule has 0 heterocycles. The molecule has 0 radical (unpaired) electrons. The molecule has 0 bridgehead atoms. The fraction of sp³-hybridized carbons (Fsp3) is 0.417. The Balaban J connectivity index is 2.20. The molecular formula is C12H12Br2FNO. The number of rotatable bonds is 3. The standard InChI is InChI=1S/C12H12Br2FNO/c13-7-12(5-2-6-12)16-11(17)10-8(14)3-1-4-9(10)15/h1,3-4H,2,5-7H2,(H,16,17). The van der Waals surface area contributed by atoms with E-state index in [1.807, 2.05) is 0 Å². The maximum atomic E-state index is 13.6. The smallest absolute Gasteiger partial charge is 0.255 e. The number of nitrogens with one attached hydrogen (secondary N) is 1. The van der Waals surface area contributed by atoms with Crippen LogP contribution in [-0.4, -0.2) is 16.8 Å². The second kappa shape index (κ2) is 5.06. The van der Waals surface area contributed by atoms with Crippen LogP contribution in [0.2, 0.25) is 0 Å². The van der Waals surface area contributed by atoms with E-state index in [2.05, 4.69) is 37.2 Å². The number of halogens is 3. The van der Waals surface area contributed by atoms with Gasteiger partial charge in [-0.25, -0.2) is 4.39 Å². The summed E-state index contributed by atoms with van der Waals surface area (Å²) >= 11 is 6.61. The molecule has 1 N–H and O–H groups in total. The molecule has 0 aliphatic heterocycles. The van der Waals surface area contributed by atoms with E-state index < -0.39 is 5.82 Å². The molecule has 1 aromatic carbocycles. The van der Waals surface area contributed by atoms with Crippen LogP contribution in [0.15, 0.2) is 22.7 Å². The number of hydrogen-bond acceptors (Lipinski definition) is 1. The SMILES string of the molecule is O=C(NC1(CBr)CCC1)c1c(F)cccc1Br. The summed E-state index contributed by atoms with van der Waals surface area (Å²) in [6, 6.07) is 4.53. The summed E-state index contributed by atoms with van der Waals surface area (Å²) in [5.74, 6) is -0.852. The maximum absolute atomic E-state index is 13.6. The van der Waals surface area contributed by atoms with Crippen LogP contribution in [0.5, 0.6) is 0 Å². The minimum atomic E-state index is -0.499. The van der Waals surface area contributed by atoms with Crippen LogP contribution >= 0.6 is 31.9 Å². The molecule has 5 heteroatoms. The van der Waals surface area contributed by atoms with Gasteiger partial charge in [-0.05, 0) is 47.3 Å². The number of carbonyl (C=O) groups is 1. The minimum Gasteiger partial charge on any atom is -0.346 e. The number of benzene rings is 1. The fourth-order valence-electron chi connectivity index (χ4n) is 1.91. The summed E-state index contributed by atoms with van der Waals surface area (Å²) in [6.45, 7) is 0. The highest BCUT2D eigenvalue weighted by molar-refractivity contribution is 9.10. The van der Waals surface area contributed by atoms with Crippen molar-refractivity contribution < 1.29 is 9.18 Å². The predicted molar refractivity (Wildman–Crippen MR) is 71.9 cm³/mol. The first-order valence-electron chi connectivity index (χ1n) is 5.40. The minimum absolute atomic E-state index is 0.0831. The van der Waals surface area contributed by atoms with Gasteiger partial charge in [-0.1, -0.05) is 22.0 Å². The van der Waals surface area contributed by atoms with Crippen molar-refractivity contribution in [1.29, 1.82) is 0 Å². The largest absolute Gasteiger partial charge is 0.346 e. The number of alkyl halides is 1. The molecule has 1 aliphatic rings. The topological polar surface area (TPSA) is 29.1 Å². The predicted octanol–water partition coefficient (Wildman–Crippen LogP) is 3.64. The number of amides is 1. The van der Waals surface area contributed by atoms with Gasteiger partial charge in [-0.2, -0.15) is 0 Å². The van der Waals surface area contributed by atoms with E-state index in [1.165, 1.54) is 6.07 Å². The van der Waals surface area contributed by atoms with Crippen molar-refractivity contribution in [2.24, 2.45) is 0 Å². The monoisotopic (exact) mass is 363 g/mol. The Morgan fingerprint density at radius 1 is 1.47 bits per heavy atom. The van der Waals surface area contributed by atoms with Crippen molar-refractivity contribution in [3.8, 4) is 0 Å². The quantitative estimate of drug-likeness (QED) is 0.815. The zero-order valence-corrected chi connectivity index (χ0v) is 12.3. The van der Waals surface area contributed by atoms with Crippen molar-refractivity contribution in [3.05, 3.63) is 34.1 Å². The Hall–Kier alpha value is -0.420. The van der Waals surface area contributed by atoms with Gasteiger partial charge in [0, 0.05) is 9.80 Å². The molecule has 1 saturated carbocycles. The molecule has 2 nitrogen and oxygen atoms in total. The van der Waals surface area contributed by atoms with E-state index in [0.717, 1.165) is 19.3 Å². The highest BCUT2D eigenvalue weighted by atomic mass is 79.9. The van der Waals surface area contributed by atoms with Gasteiger partial charge in [0.2, 0.25) is 0 Å². The molecule has 17 heavy (non-hydrogen) atoms. The summed E-state index contributed by atoms with van der Waals surface area (Å²) in [6.07, 6.45) is 2.98. The Morgan fingerprint density at radius 2 is 2.18 bits per heavy atom. The van der Waals surface area contributed by atoms with Crippen LogP contribution in [-0.2, 0) is 0 Å². The first-order chi connectivity index (χ1) is 8.08. The zero-order chi connectivity index (χ0) is 12.5. The zero-order valence-electron chi connectivity index (χ0n) is 9.10. The van der Waals surface area contributed by atoms with Crippen LogP contribution < -0.4 is 5.32 Å². The Kier molecular flexibility index (Phi) is 3.88. The molecule has 0 atom stereocenters. The average Bonchev–Trinajstić information content (AvgIpc) is 2.23. The summed E-state index contributed by atoms with van der Waals surface area (Å²) in [5.41, 5.74) is -0.113. The van der Waals surface area contributed by atoms with Crippen molar-refractivity contribution in [2.75, 3.05) is 5.33 Å². The third-order valence-electron chi connectivity index (χ3n) is 3.13. The molecule has 92 valence electrons. The van der Waals surface area contributed by atoms with Crippen LogP contribution in [0.4, 0.5) is 4.39 Å². The molecule has 0 aromatic heterocycles. The second-order valence-electron chi connectivity index (χ2n) is 4.32. The van der Waals surface area contributed by atoms with E-state index in [-0.39, 0.29) is 17.0 Å². The number of hydrogen-bond donors (Lipinski definition) is 1. The van der Waals surface area contributed by atoms with E-state index in [1.54, 1.807) is 12.1 Å². The highest BCUT2D eigenvalue weighted by Gasteiger charge is 2.38. The number of carbonyl (C=O) groups excluding carboxylic acids is 1. The summed E-state index contributed by atoms with van der Waals surface area (Å²) in [7, 11) is 0. The van der Waals surface area contributed by atoms with Crippen molar-refractivity contribution >= 4 is 37.8 Å². The lowest BCUT2D eigenvalue weighted by atomic mass is 9.78. The van der Waals surface area contributed by atoms with Crippen LogP contribution in [0.25, 0.3) is 0 Å². The molecule has 2 rings (SSSR count). The van der Waals surface area contributed by atoms with Crippen LogP contribution in [0.1, 0.15) is 29.6 Å². The Morgan fingerprint density at radius 3 is 2.65 bits per heavy atom. The maximum Gasteiger partial charge on any atom is 0.255 e. The molecule has 1 aromatic rings. The van der Waals surface area contributed by atoms with Gasteiger partial charge in [0.15, 0.2) is 0 Å². The van der Waals surface area contributed by atoms with Gasteiger partial charge in [0.25, 0.3) is 5.91 Å². The first-order valence-corrected chi connectivity index (χ1v) is 7.32. The molecule has 1 aliphatic carbocycles. The van der Waals surface area contributed by atoms with Crippen molar-refractivity contribution in [3.63, 3.8) is 0 Å². The van der Waals surface area contributed by atoms with Crippen LogP contribution in [0, 0.1) is 5.82 Å². The Labute approximate surface area is 116 Å². The average molecular weight is 365 g/mol.